The minimum atomic E-state index is 0.0575. The third-order valence-electron chi connectivity index (χ3n) is 5.16. The molecule has 0 radical (unpaired) electrons. The second kappa shape index (κ2) is 9.78. The Morgan fingerprint density at radius 3 is 2.87 bits per heavy atom. The standard InChI is InChI=1S/C24H25N5O/c30-24(12-11-19-6-4-13-25-17-19)29-15-5-7-20(18-29)16-21-8-3-10-23(27-21)28-22-9-1-2-14-26-22/h1-4,6,8-14,17,20H,5,7,15-16,18H2,(H,26,27,28)/b12-11+/t20-/m1/s1. The molecule has 0 saturated carbocycles. The van der Waals surface area contributed by atoms with Crippen LogP contribution in [0.1, 0.15) is 24.1 Å². The fraction of sp³-hybridized carbons (Fsp3) is 0.250. The lowest BCUT2D eigenvalue weighted by Gasteiger charge is -2.32. The first-order chi connectivity index (χ1) is 14.8. The van der Waals surface area contributed by atoms with E-state index in [2.05, 4.69) is 15.3 Å². The van der Waals surface area contributed by atoms with Crippen LogP contribution in [0.5, 0.6) is 0 Å². The fourth-order valence-corrected chi connectivity index (χ4v) is 3.71. The van der Waals surface area contributed by atoms with Gasteiger partial charge in [0.1, 0.15) is 11.6 Å². The molecule has 0 unspecified atom stereocenters. The Morgan fingerprint density at radius 1 is 1.10 bits per heavy atom. The van der Waals surface area contributed by atoms with Crippen molar-refractivity contribution in [3.63, 3.8) is 0 Å². The normalized spacial score (nSPS) is 16.5. The molecule has 0 spiro atoms. The largest absolute Gasteiger partial charge is 0.339 e. The van der Waals surface area contributed by atoms with Crippen LogP contribution in [0.4, 0.5) is 11.6 Å². The van der Waals surface area contributed by atoms with E-state index in [4.69, 9.17) is 4.98 Å². The number of rotatable bonds is 6. The van der Waals surface area contributed by atoms with Gasteiger partial charge in [-0.05, 0) is 67.2 Å². The highest BCUT2D eigenvalue weighted by atomic mass is 16.2. The Bertz CT molecular complexity index is 991. The Balaban J connectivity index is 1.35. The first-order valence-corrected chi connectivity index (χ1v) is 10.3. The van der Waals surface area contributed by atoms with Crippen LogP contribution < -0.4 is 5.32 Å². The number of hydrogen-bond acceptors (Lipinski definition) is 5. The number of amides is 1. The number of nitrogens with one attached hydrogen (secondary N) is 1. The van der Waals surface area contributed by atoms with E-state index in [0.29, 0.717) is 5.92 Å². The van der Waals surface area contributed by atoms with Gasteiger partial charge in [0, 0.05) is 43.4 Å². The molecule has 0 bridgehead atoms. The van der Waals surface area contributed by atoms with Crippen LogP contribution in [0.3, 0.4) is 0 Å². The van der Waals surface area contributed by atoms with Gasteiger partial charge in [0.05, 0.1) is 0 Å². The predicted molar refractivity (Wildman–Crippen MR) is 118 cm³/mol. The van der Waals surface area contributed by atoms with E-state index in [1.54, 1.807) is 24.7 Å². The SMILES string of the molecule is O=C(/C=C/c1cccnc1)N1CCC[C@H](Cc2cccc(Nc3ccccn3)n2)C1. The van der Waals surface area contributed by atoms with Gasteiger partial charge in [0.2, 0.25) is 5.91 Å². The van der Waals surface area contributed by atoms with Crippen molar-refractivity contribution in [3.05, 3.63) is 84.5 Å². The summed E-state index contributed by atoms with van der Waals surface area (Å²) >= 11 is 0. The van der Waals surface area contributed by atoms with Crippen LogP contribution >= 0.6 is 0 Å². The zero-order chi connectivity index (χ0) is 20.6. The summed E-state index contributed by atoms with van der Waals surface area (Å²) in [6, 6.07) is 15.5. The zero-order valence-electron chi connectivity index (χ0n) is 16.8. The summed E-state index contributed by atoms with van der Waals surface area (Å²) in [5.74, 6) is 2.03. The van der Waals surface area contributed by atoms with E-state index in [9.17, 15) is 4.79 Å². The van der Waals surface area contributed by atoms with Gasteiger partial charge >= 0.3 is 0 Å². The molecule has 1 atom stereocenters. The van der Waals surface area contributed by atoms with Crippen LogP contribution in [0.25, 0.3) is 6.08 Å². The van der Waals surface area contributed by atoms with Gasteiger partial charge in [-0.1, -0.05) is 18.2 Å². The molecule has 3 aromatic heterocycles. The Kier molecular flexibility index (Phi) is 6.44. The fourth-order valence-electron chi connectivity index (χ4n) is 3.71. The van der Waals surface area contributed by atoms with Crippen molar-refractivity contribution in [1.29, 1.82) is 0 Å². The van der Waals surface area contributed by atoms with Crippen molar-refractivity contribution in [1.82, 2.24) is 19.9 Å². The van der Waals surface area contributed by atoms with Crippen LogP contribution in [0.2, 0.25) is 0 Å². The average Bonchev–Trinajstić information content (AvgIpc) is 2.79. The number of piperidine rings is 1. The summed E-state index contributed by atoms with van der Waals surface area (Å²) in [7, 11) is 0. The number of aromatic nitrogens is 3. The molecule has 6 nitrogen and oxygen atoms in total. The van der Waals surface area contributed by atoms with Gasteiger partial charge in [-0.3, -0.25) is 9.78 Å². The highest BCUT2D eigenvalue weighted by molar-refractivity contribution is 5.91. The average molecular weight is 399 g/mol. The van der Waals surface area contributed by atoms with Crippen molar-refractivity contribution in [2.24, 2.45) is 5.92 Å². The van der Waals surface area contributed by atoms with Gasteiger partial charge in [0.15, 0.2) is 0 Å². The molecule has 1 aliphatic rings. The van der Waals surface area contributed by atoms with Gasteiger partial charge in [-0.15, -0.1) is 0 Å². The second-order valence-corrected chi connectivity index (χ2v) is 7.47. The molecule has 4 rings (SSSR count). The number of anilines is 2. The van der Waals surface area contributed by atoms with Gasteiger partial charge in [-0.2, -0.15) is 0 Å². The zero-order valence-corrected chi connectivity index (χ0v) is 16.8. The second-order valence-electron chi connectivity index (χ2n) is 7.47. The van der Waals surface area contributed by atoms with Crippen molar-refractivity contribution >= 4 is 23.6 Å². The van der Waals surface area contributed by atoms with Crippen molar-refractivity contribution in [3.8, 4) is 0 Å². The van der Waals surface area contributed by atoms with Crippen molar-refractivity contribution in [2.75, 3.05) is 18.4 Å². The lowest BCUT2D eigenvalue weighted by molar-refractivity contribution is -0.127. The van der Waals surface area contributed by atoms with Gasteiger partial charge in [0.25, 0.3) is 0 Å². The summed E-state index contributed by atoms with van der Waals surface area (Å²) in [4.78, 5) is 27.6. The van der Waals surface area contributed by atoms with E-state index >= 15 is 0 Å². The third kappa shape index (κ3) is 5.50. The van der Waals surface area contributed by atoms with Crippen molar-refractivity contribution in [2.45, 2.75) is 19.3 Å². The van der Waals surface area contributed by atoms with Crippen LogP contribution in [0, 0.1) is 5.92 Å². The molecule has 6 heteroatoms. The van der Waals surface area contributed by atoms with E-state index in [1.165, 1.54) is 0 Å². The molecule has 1 fully saturated rings. The van der Waals surface area contributed by atoms with Crippen LogP contribution in [0.15, 0.2) is 73.2 Å². The molecular weight excluding hydrogens is 374 g/mol. The molecule has 1 aliphatic heterocycles. The summed E-state index contributed by atoms with van der Waals surface area (Å²) < 4.78 is 0. The molecule has 0 aliphatic carbocycles. The van der Waals surface area contributed by atoms with Crippen molar-refractivity contribution < 1.29 is 4.79 Å². The lowest BCUT2D eigenvalue weighted by atomic mass is 9.93. The molecule has 1 N–H and O–H groups in total. The number of pyridine rings is 3. The first-order valence-electron chi connectivity index (χ1n) is 10.3. The van der Waals surface area contributed by atoms with E-state index < -0.39 is 0 Å². The molecule has 152 valence electrons. The molecule has 3 aromatic rings. The number of likely N-dealkylation sites (tertiary alicyclic amines) is 1. The van der Waals surface area contributed by atoms with E-state index in [-0.39, 0.29) is 5.91 Å². The van der Waals surface area contributed by atoms with E-state index in [0.717, 1.165) is 55.2 Å². The molecule has 4 heterocycles. The summed E-state index contributed by atoms with van der Waals surface area (Å²) in [5, 5.41) is 3.24. The number of hydrogen-bond donors (Lipinski definition) is 1. The summed E-state index contributed by atoms with van der Waals surface area (Å²) in [5.41, 5.74) is 1.96. The summed E-state index contributed by atoms with van der Waals surface area (Å²) in [6.07, 6.45) is 11.7. The molecular formula is C24H25N5O. The summed E-state index contributed by atoms with van der Waals surface area (Å²) in [6.45, 7) is 1.57. The smallest absolute Gasteiger partial charge is 0.246 e. The van der Waals surface area contributed by atoms with Crippen LogP contribution in [-0.4, -0.2) is 38.8 Å². The minimum absolute atomic E-state index is 0.0575. The van der Waals surface area contributed by atoms with Crippen LogP contribution in [-0.2, 0) is 11.2 Å². The quantitative estimate of drug-likeness (QED) is 0.632. The monoisotopic (exact) mass is 399 g/mol. The maximum Gasteiger partial charge on any atom is 0.246 e. The van der Waals surface area contributed by atoms with E-state index in [1.807, 2.05) is 59.5 Å². The van der Waals surface area contributed by atoms with Gasteiger partial charge in [-0.25, -0.2) is 9.97 Å². The Hall–Kier alpha value is -3.54. The number of nitrogens with zero attached hydrogens (tertiary/aromatic N) is 4. The Morgan fingerprint density at radius 2 is 2.03 bits per heavy atom. The predicted octanol–water partition coefficient (Wildman–Crippen LogP) is 4.11. The molecule has 30 heavy (non-hydrogen) atoms. The maximum atomic E-state index is 12.6. The Labute approximate surface area is 176 Å². The number of carbonyl (C=O) groups is 1. The number of carbonyl (C=O) groups excluding carboxylic acids is 1. The lowest BCUT2D eigenvalue weighted by Crippen LogP contribution is -2.39. The highest BCUT2D eigenvalue weighted by Crippen LogP contribution is 2.22. The molecule has 0 aromatic carbocycles. The molecule has 1 amide bonds. The third-order valence-corrected chi connectivity index (χ3v) is 5.16. The topological polar surface area (TPSA) is 71.0 Å². The molecule has 1 saturated heterocycles. The van der Waals surface area contributed by atoms with Gasteiger partial charge < -0.3 is 10.2 Å². The maximum absolute atomic E-state index is 12.6. The first kappa shape index (κ1) is 19.8. The minimum Gasteiger partial charge on any atom is -0.339 e. The highest BCUT2D eigenvalue weighted by Gasteiger charge is 2.23.